The molecule has 4 heterocycles. The van der Waals surface area contributed by atoms with E-state index in [1.807, 2.05) is 12.3 Å². The van der Waals surface area contributed by atoms with Crippen molar-refractivity contribution in [1.82, 2.24) is 15.2 Å². The fourth-order valence-corrected chi connectivity index (χ4v) is 5.36. The number of halogens is 1. The first-order valence-electron chi connectivity index (χ1n) is 11.1. The van der Waals surface area contributed by atoms with Crippen LogP contribution in [0, 0.1) is 23.6 Å². The van der Waals surface area contributed by atoms with Crippen molar-refractivity contribution in [2.24, 2.45) is 17.8 Å². The molecule has 1 aromatic heterocycles. The van der Waals surface area contributed by atoms with Crippen LogP contribution in [0.4, 0.5) is 10.1 Å². The first-order valence-corrected chi connectivity index (χ1v) is 11.1. The highest BCUT2D eigenvalue weighted by atomic mass is 19.1. The fraction of sp³-hybridized carbons (Fsp3) is 0.417. The standard InChI is InChI=1S/C24H25FN4O2/c25-22-14(6-15-3-4-26-23(15)30)1-2-20-21(22)19(24(31)28-20)8-18-5-13(9-27-18)10-29-11-16-7-17(16)12-29/h1-2,5,8-9,15-17,27H,3-4,6-7,10-12H2,(H,26,30)(H,28,31)/b19-8-. The number of nitrogens with one attached hydrogen (secondary N) is 3. The molecule has 3 N–H and O–H groups in total. The van der Waals surface area contributed by atoms with Crippen molar-refractivity contribution in [2.75, 3.05) is 25.0 Å². The summed E-state index contributed by atoms with van der Waals surface area (Å²) >= 11 is 0. The van der Waals surface area contributed by atoms with Crippen LogP contribution in [0.15, 0.2) is 24.4 Å². The minimum Gasteiger partial charge on any atom is -0.361 e. The third-order valence-electron chi connectivity index (χ3n) is 7.14. The van der Waals surface area contributed by atoms with Crippen LogP contribution in [0.2, 0.25) is 0 Å². The summed E-state index contributed by atoms with van der Waals surface area (Å²) < 4.78 is 15.4. The zero-order valence-corrected chi connectivity index (χ0v) is 17.2. The maximum atomic E-state index is 15.4. The van der Waals surface area contributed by atoms with Crippen LogP contribution in [0.5, 0.6) is 0 Å². The van der Waals surface area contributed by atoms with E-state index < -0.39 is 5.82 Å². The lowest BCUT2D eigenvalue weighted by Gasteiger charge is -2.15. The quantitative estimate of drug-likeness (QED) is 0.651. The Hall–Kier alpha value is -2.93. The van der Waals surface area contributed by atoms with E-state index in [1.165, 1.54) is 25.1 Å². The Balaban J connectivity index is 1.25. The largest absolute Gasteiger partial charge is 0.361 e. The number of aromatic amines is 1. The Kier molecular flexibility index (Phi) is 4.28. The van der Waals surface area contributed by atoms with Gasteiger partial charge in [0.15, 0.2) is 0 Å². The lowest BCUT2D eigenvalue weighted by molar-refractivity contribution is -0.122. The van der Waals surface area contributed by atoms with Gasteiger partial charge in [-0.3, -0.25) is 14.5 Å². The van der Waals surface area contributed by atoms with Gasteiger partial charge in [0.2, 0.25) is 5.91 Å². The molecule has 0 radical (unpaired) electrons. The molecule has 7 heteroatoms. The normalized spacial score (nSPS) is 28.0. The molecule has 0 bridgehead atoms. The fourth-order valence-electron chi connectivity index (χ4n) is 5.36. The summed E-state index contributed by atoms with van der Waals surface area (Å²) in [6, 6.07) is 5.45. The van der Waals surface area contributed by atoms with Gasteiger partial charge in [0.1, 0.15) is 5.82 Å². The molecule has 6 nitrogen and oxygen atoms in total. The maximum absolute atomic E-state index is 15.4. The molecule has 3 atom stereocenters. The van der Waals surface area contributed by atoms with E-state index in [9.17, 15) is 9.59 Å². The Bertz CT molecular complexity index is 1110. The molecule has 1 aromatic carbocycles. The number of carbonyl (C=O) groups excluding carboxylic acids is 2. The Labute approximate surface area is 179 Å². The van der Waals surface area contributed by atoms with Crippen molar-refractivity contribution >= 4 is 29.2 Å². The monoisotopic (exact) mass is 420 g/mol. The van der Waals surface area contributed by atoms with Crippen LogP contribution >= 0.6 is 0 Å². The van der Waals surface area contributed by atoms with Gasteiger partial charge in [-0.05, 0) is 60.4 Å². The van der Waals surface area contributed by atoms with Crippen molar-refractivity contribution in [1.29, 1.82) is 0 Å². The van der Waals surface area contributed by atoms with Crippen LogP contribution in [0.1, 0.15) is 35.2 Å². The lowest BCUT2D eigenvalue weighted by atomic mass is 9.94. The molecular weight excluding hydrogens is 395 g/mol. The van der Waals surface area contributed by atoms with Gasteiger partial charge in [0.25, 0.3) is 5.91 Å². The van der Waals surface area contributed by atoms with Gasteiger partial charge in [-0.2, -0.15) is 0 Å². The zero-order valence-electron chi connectivity index (χ0n) is 17.2. The minimum absolute atomic E-state index is 0.0286. The first kappa shape index (κ1) is 18.8. The molecule has 3 fully saturated rings. The molecule has 4 aliphatic rings. The van der Waals surface area contributed by atoms with Crippen LogP contribution in [-0.4, -0.2) is 41.3 Å². The number of fused-ring (bicyclic) bond motifs is 2. The van der Waals surface area contributed by atoms with Gasteiger partial charge in [-0.15, -0.1) is 0 Å². The van der Waals surface area contributed by atoms with Crippen LogP contribution in [0.25, 0.3) is 11.6 Å². The summed E-state index contributed by atoms with van der Waals surface area (Å²) in [4.78, 5) is 30.2. The number of H-pyrrole nitrogens is 1. The number of benzene rings is 1. The van der Waals surface area contributed by atoms with E-state index in [0.717, 1.165) is 24.1 Å². The molecule has 1 saturated carbocycles. The van der Waals surface area contributed by atoms with Crippen molar-refractivity contribution < 1.29 is 14.0 Å². The Morgan fingerprint density at radius 1 is 1.19 bits per heavy atom. The highest BCUT2D eigenvalue weighted by Gasteiger charge is 2.44. The molecule has 3 unspecified atom stereocenters. The second-order valence-corrected chi connectivity index (χ2v) is 9.37. The summed E-state index contributed by atoms with van der Waals surface area (Å²) in [5.74, 6) is 0.829. The number of rotatable bonds is 5. The second kappa shape index (κ2) is 7.05. The number of amides is 2. The minimum atomic E-state index is -0.412. The predicted octanol–water partition coefficient (Wildman–Crippen LogP) is 2.78. The van der Waals surface area contributed by atoms with Gasteiger partial charge < -0.3 is 15.6 Å². The number of piperidine rings is 1. The van der Waals surface area contributed by atoms with Gasteiger partial charge in [0, 0.05) is 49.6 Å². The predicted molar refractivity (Wildman–Crippen MR) is 115 cm³/mol. The number of anilines is 1. The van der Waals surface area contributed by atoms with E-state index in [0.29, 0.717) is 41.8 Å². The molecule has 1 aliphatic carbocycles. The van der Waals surface area contributed by atoms with Crippen LogP contribution in [0.3, 0.4) is 0 Å². The summed E-state index contributed by atoms with van der Waals surface area (Å²) in [5.41, 5.74) is 3.54. The van der Waals surface area contributed by atoms with Crippen molar-refractivity contribution in [3.63, 3.8) is 0 Å². The van der Waals surface area contributed by atoms with Crippen LogP contribution < -0.4 is 10.6 Å². The molecule has 0 spiro atoms. The van der Waals surface area contributed by atoms with E-state index in [4.69, 9.17) is 0 Å². The average Bonchev–Trinajstić information content (AvgIpc) is 3.15. The van der Waals surface area contributed by atoms with Crippen molar-refractivity contribution in [3.05, 3.63) is 52.6 Å². The van der Waals surface area contributed by atoms with E-state index in [1.54, 1.807) is 18.2 Å². The highest BCUT2D eigenvalue weighted by Crippen LogP contribution is 2.45. The van der Waals surface area contributed by atoms with E-state index in [-0.39, 0.29) is 17.7 Å². The third-order valence-corrected chi connectivity index (χ3v) is 7.14. The third kappa shape index (κ3) is 3.37. The maximum Gasteiger partial charge on any atom is 0.256 e. The molecule has 2 amide bonds. The van der Waals surface area contributed by atoms with Gasteiger partial charge >= 0.3 is 0 Å². The highest BCUT2D eigenvalue weighted by molar-refractivity contribution is 6.35. The van der Waals surface area contributed by atoms with E-state index >= 15 is 4.39 Å². The Morgan fingerprint density at radius 2 is 2.03 bits per heavy atom. The topological polar surface area (TPSA) is 77.2 Å². The SMILES string of the molecule is O=C1Nc2ccc(CC3CCNC3=O)c(F)c2/C1=C/c1cc(CN2CC3CC3C2)c[nH]1. The number of carbonyl (C=O) groups is 2. The number of nitrogens with zero attached hydrogens (tertiary/aromatic N) is 1. The number of likely N-dealkylation sites (tertiary alicyclic amines) is 1. The molecule has 2 aromatic rings. The second-order valence-electron chi connectivity index (χ2n) is 9.37. The van der Waals surface area contributed by atoms with Gasteiger partial charge in [-0.1, -0.05) is 6.07 Å². The molecule has 2 saturated heterocycles. The average molecular weight is 420 g/mol. The summed E-state index contributed by atoms with van der Waals surface area (Å²) in [6.45, 7) is 3.89. The van der Waals surface area contributed by atoms with Gasteiger partial charge in [0.05, 0.1) is 11.3 Å². The molecule has 3 aliphatic heterocycles. The van der Waals surface area contributed by atoms with Gasteiger partial charge in [-0.25, -0.2) is 4.39 Å². The summed E-state index contributed by atoms with van der Waals surface area (Å²) in [6.07, 6.45) is 6.13. The molecule has 6 rings (SSSR count). The number of hydrogen-bond acceptors (Lipinski definition) is 3. The summed E-state index contributed by atoms with van der Waals surface area (Å²) in [7, 11) is 0. The molecule has 160 valence electrons. The van der Waals surface area contributed by atoms with Crippen LogP contribution in [-0.2, 0) is 22.6 Å². The van der Waals surface area contributed by atoms with E-state index in [2.05, 4.69) is 20.5 Å². The zero-order chi connectivity index (χ0) is 21.1. The smallest absolute Gasteiger partial charge is 0.256 e. The first-order chi connectivity index (χ1) is 15.0. The number of hydrogen-bond donors (Lipinski definition) is 3. The Morgan fingerprint density at radius 3 is 2.81 bits per heavy atom. The lowest BCUT2D eigenvalue weighted by Crippen LogP contribution is -2.21. The number of aromatic nitrogens is 1. The molecule has 31 heavy (non-hydrogen) atoms. The molecular formula is C24H25FN4O2. The van der Waals surface area contributed by atoms with Crippen molar-refractivity contribution in [2.45, 2.75) is 25.8 Å². The summed E-state index contributed by atoms with van der Waals surface area (Å²) in [5, 5.41) is 5.56. The van der Waals surface area contributed by atoms with Crippen molar-refractivity contribution in [3.8, 4) is 0 Å².